The van der Waals surface area contributed by atoms with Gasteiger partial charge in [-0.15, -0.1) is 0 Å². The second-order valence-corrected chi connectivity index (χ2v) is 10.0. The van der Waals surface area contributed by atoms with Crippen molar-refractivity contribution in [1.82, 2.24) is 0 Å². The first kappa shape index (κ1) is 20.6. The number of ketones is 1. The maximum absolute atomic E-state index is 12.3. The quantitative estimate of drug-likeness (QED) is 0.391. The van der Waals surface area contributed by atoms with Crippen molar-refractivity contribution in [2.24, 2.45) is 35.0 Å². The summed E-state index contributed by atoms with van der Waals surface area (Å²) in [4.78, 5) is 34.7. The first-order valence-electron chi connectivity index (χ1n) is 11.3. The van der Waals surface area contributed by atoms with Gasteiger partial charge >= 0.3 is 5.97 Å². The minimum atomic E-state index is -0.219. The first-order chi connectivity index (χ1) is 13.8. The monoisotopic (exact) mass is 402 g/mol. The molecule has 29 heavy (non-hydrogen) atoms. The summed E-state index contributed by atoms with van der Waals surface area (Å²) < 4.78 is 10.8. The Hall–Kier alpha value is -1.65. The Morgan fingerprint density at radius 2 is 1.93 bits per heavy atom. The molecular formula is C24H34O5. The van der Waals surface area contributed by atoms with Gasteiger partial charge in [0, 0.05) is 25.2 Å². The number of hydrogen-bond donors (Lipinski definition) is 0. The number of carbonyl (C=O) groups excluding carboxylic acids is 3. The molecule has 4 aliphatic carbocycles. The van der Waals surface area contributed by atoms with Crippen molar-refractivity contribution in [3.63, 3.8) is 0 Å². The highest BCUT2D eigenvalue weighted by Crippen LogP contribution is 2.64. The molecule has 160 valence electrons. The summed E-state index contributed by atoms with van der Waals surface area (Å²) in [6, 6.07) is 0. The molecule has 5 nitrogen and oxygen atoms in total. The molecule has 4 aliphatic rings. The molecule has 0 bridgehead atoms. The molecule has 0 amide bonds. The van der Waals surface area contributed by atoms with E-state index in [9.17, 15) is 14.4 Å². The Morgan fingerprint density at radius 3 is 2.62 bits per heavy atom. The zero-order chi connectivity index (χ0) is 20.8. The van der Waals surface area contributed by atoms with Crippen LogP contribution in [0.3, 0.4) is 0 Å². The summed E-state index contributed by atoms with van der Waals surface area (Å²) in [5, 5.41) is 0. The van der Waals surface area contributed by atoms with Gasteiger partial charge in [0.15, 0.2) is 0 Å². The lowest BCUT2D eigenvalue weighted by Gasteiger charge is -2.53. The smallest absolute Gasteiger partial charge is 0.302 e. The molecule has 7 atom stereocenters. The van der Waals surface area contributed by atoms with Crippen LogP contribution in [0.25, 0.3) is 0 Å². The standard InChI is InChI=1S/C24H34O5/c1-14(26)22-6-7-23-21-10-16(12-28-13-25)20-11-17(29-15(2)27)4-5-18(20)19(21)8-9-24(22,23)3/h13,16-17,19,21-23H,4-12H2,1-3H3/t16-,17-,19+,21+,22+,23-,24+/m0/s1. The Bertz CT molecular complexity index is 725. The van der Waals surface area contributed by atoms with Crippen LogP contribution in [0.15, 0.2) is 11.1 Å². The number of rotatable bonds is 5. The van der Waals surface area contributed by atoms with Crippen LogP contribution in [0.5, 0.6) is 0 Å². The zero-order valence-electron chi connectivity index (χ0n) is 17.9. The number of Topliss-reactive ketones (excluding diaryl/α,β-unsaturated/α-hetero) is 1. The third-order valence-electron chi connectivity index (χ3n) is 8.72. The van der Waals surface area contributed by atoms with Crippen molar-refractivity contribution in [3.05, 3.63) is 11.1 Å². The molecule has 0 saturated heterocycles. The number of allylic oxidation sites excluding steroid dienone is 1. The van der Waals surface area contributed by atoms with Crippen LogP contribution in [-0.2, 0) is 23.9 Å². The van der Waals surface area contributed by atoms with Gasteiger partial charge in [0.25, 0.3) is 6.47 Å². The lowest BCUT2D eigenvalue weighted by Crippen LogP contribution is -2.47. The summed E-state index contributed by atoms with van der Waals surface area (Å²) in [5.41, 5.74) is 3.06. The molecule has 0 aromatic carbocycles. The molecule has 0 unspecified atom stereocenters. The highest BCUT2D eigenvalue weighted by atomic mass is 16.5. The van der Waals surface area contributed by atoms with Crippen LogP contribution in [0.1, 0.15) is 72.1 Å². The number of esters is 1. The highest BCUT2D eigenvalue weighted by molar-refractivity contribution is 5.79. The first-order valence-corrected chi connectivity index (χ1v) is 11.3. The van der Waals surface area contributed by atoms with E-state index in [1.54, 1.807) is 12.5 Å². The van der Waals surface area contributed by atoms with Crippen molar-refractivity contribution in [1.29, 1.82) is 0 Å². The molecule has 0 aliphatic heterocycles. The fourth-order valence-electron chi connectivity index (χ4n) is 7.65. The van der Waals surface area contributed by atoms with Crippen LogP contribution in [0.2, 0.25) is 0 Å². The lowest BCUT2D eigenvalue weighted by molar-refractivity contribution is -0.147. The number of ether oxygens (including phenoxy) is 2. The molecule has 0 N–H and O–H groups in total. The molecular weight excluding hydrogens is 368 g/mol. The molecule has 2 saturated carbocycles. The Morgan fingerprint density at radius 1 is 1.14 bits per heavy atom. The Kier molecular flexibility index (Phi) is 5.60. The van der Waals surface area contributed by atoms with E-state index in [0.29, 0.717) is 36.6 Å². The van der Waals surface area contributed by atoms with Gasteiger partial charge in [0.1, 0.15) is 11.9 Å². The summed E-state index contributed by atoms with van der Waals surface area (Å²) in [6.45, 7) is 6.55. The van der Waals surface area contributed by atoms with Crippen LogP contribution >= 0.6 is 0 Å². The van der Waals surface area contributed by atoms with Crippen molar-refractivity contribution in [3.8, 4) is 0 Å². The zero-order valence-corrected chi connectivity index (χ0v) is 17.9. The fraction of sp³-hybridized carbons (Fsp3) is 0.792. The van der Waals surface area contributed by atoms with Gasteiger partial charge in [-0.2, -0.15) is 0 Å². The molecule has 2 fully saturated rings. The number of carbonyl (C=O) groups is 3. The van der Waals surface area contributed by atoms with Crippen LogP contribution in [0, 0.1) is 35.0 Å². The highest BCUT2D eigenvalue weighted by Gasteiger charge is 2.57. The van der Waals surface area contributed by atoms with Gasteiger partial charge in [0.2, 0.25) is 0 Å². The summed E-state index contributed by atoms with van der Waals surface area (Å²) >= 11 is 0. The molecule has 4 rings (SSSR count). The Labute approximate surface area is 173 Å². The van der Waals surface area contributed by atoms with Gasteiger partial charge in [-0.05, 0) is 75.0 Å². The summed E-state index contributed by atoms with van der Waals surface area (Å²) in [5.74, 6) is 2.28. The Balaban J connectivity index is 1.63. The average molecular weight is 403 g/mol. The summed E-state index contributed by atoms with van der Waals surface area (Å²) in [7, 11) is 0. The van der Waals surface area contributed by atoms with Gasteiger partial charge in [-0.3, -0.25) is 14.4 Å². The molecule has 5 heteroatoms. The molecule has 0 aromatic heterocycles. The topological polar surface area (TPSA) is 69.7 Å². The van der Waals surface area contributed by atoms with E-state index in [1.807, 2.05) is 0 Å². The predicted molar refractivity (Wildman–Crippen MR) is 108 cm³/mol. The van der Waals surface area contributed by atoms with Crippen molar-refractivity contribution >= 4 is 18.2 Å². The SMILES string of the molecule is CC(=O)O[C@H]1CCC2=C(C1)[C@H](COC=O)C[C@@H]1[C@@H]2CC[C@]2(C)[C@@H](C(C)=O)CC[C@@H]12. The second kappa shape index (κ2) is 7.88. The molecule has 0 heterocycles. The van der Waals surface area contributed by atoms with E-state index in [-0.39, 0.29) is 29.3 Å². The van der Waals surface area contributed by atoms with E-state index in [4.69, 9.17) is 9.47 Å². The predicted octanol–water partition coefficient (Wildman–Crippen LogP) is 4.24. The average Bonchev–Trinajstić information content (AvgIpc) is 3.03. The largest absolute Gasteiger partial charge is 0.467 e. The van der Waals surface area contributed by atoms with E-state index in [0.717, 1.165) is 51.4 Å². The van der Waals surface area contributed by atoms with Crippen LogP contribution in [-0.4, -0.2) is 30.9 Å². The number of hydrogen-bond acceptors (Lipinski definition) is 5. The van der Waals surface area contributed by atoms with Crippen molar-refractivity contribution in [2.45, 2.75) is 78.2 Å². The van der Waals surface area contributed by atoms with Gasteiger partial charge in [0.05, 0.1) is 6.61 Å². The third-order valence-corrected chi connectivity index (χ3v) is 8.72. The maximum Gasteiger partial charge on any atom is 0.302 e. The lowest BCUT2D eigenvalue weighted by atomic mass is 9.51. The maximum atomic E-state index is 12.3. The van der Waals surface area contributed by atoms with Crippen molar-refractivity contribution in [2.75, 3.05) is 6.61 Å². The summed E-state index contributed by atoms with van der Waals surface area (Å²) in [6.07, 6.45) is 8.06. The number of fused-ring (bicyclic) bond motifs is 4. The molecule has 0 aromatic rings. The molecule has 0 radical (unpaired) electrons. The van der Waals surface area contributed by atoms with E-state index in [1.165, 1.54) is 12.5 Å². The van der Waals surface area contributed by atoms with E-state index < -0.39 is 0 Å². The van der Waals surface area contributed by atoms with Gasteiger partial charge in [-0.25, -0.2) is 0 Å². The molecule has 0 spiro atoms. The van der Waals surface area contributed by atoms with E-state index >= 15 is 0 Å². The van der Waals surface area contributed by atoms with E-state index in [2.05, 4.69) is 6.92 Å². The van der Waals surface area contributed by atoms with Crippen LogP contribution in [0.4, 0.5) is 0 Å². The van der Waals surface area contributed by atoms with Gasteiger partial charge in [-0.1, -0.05) is 18.1 Å². The fourth-order valence-corrected chi connectivity index (χ4v) is 7.65. The van der Waals surface area contributed by atoms with Gasteiger partial charge < -0.3 is 9.47 Å². The second-order valence-electron chi connectivity index (χ2n) is 10.0. The minimum Gasteiger partial charge on any atom is -0.467 e. The normalized spacial score (nSPS) is 41.1. The van der Waals surface area contributed by atoms with Crippen molar-refractivity contribution < 1.29 is 23.9 Å². The van der Waals surface area contributed by atoms with Crippen LogP contribution < -0.4 is 0 Å². The minimum absolute atomic E-state index is 0.0519. The third kappa shape index (κ3) is 3.55.